The molecule has 2 heterocycles. The van der Waals surface area contributed by atoms with E-state index < -0.39 is 5.92 Å². The summed E-state index contributed by atoms with van der Waals surface area (Å²) in [6.45, 7) is 0.336. The van der Waals surface area contributed by atoms with E-state index in [1.807, 2.05) is 30.3 Å². The second-order valence-electron chi connectivity index (χ2n) is 6.45. The van der Waals surface area contributed by atoms with Crippen molar-refractivity contribution in [2.45, 2.75) is 6.42 Å². The topological polar surface area (TPSA) is 89.3 Å². The second-order valence-corrected chi connectivity index (χ2v) is 6.45. The van der Waals surface area contributed by atoms with Gasteiger partial charge >= 0.3 is 0 Å². The van der Waals surface area contributed by atoms with Gasteiger partial charge in [-0.25, -0.2) is 9.67 Å². The van der Waals surface area contributed by atoms with Gasteiger partial charge in [-0.15, -0.1) is 0 Å². The van der Waals surface area contributed by atoms with Gasteiger partial charge in [0.2, 0.25) is 11.8 Å². The summed E-state index contributed by atoms with van der Waals surface area (Å²) < 4.78 is 6.73. The molecule has 3 aromatic rings. The summed E-state index contributed by atoms with van der Waals surface area (Å²) in [6.07, 6.45) is 3.17. The van der Waals surface area contributed by atoms with Crippen molar-refractivity contribution in [1.82, 2.24) is 14.8 Å². The Labute approximate surface area is 161 Å². The Morgan fingerprint density at radius 1 is 1.18 bits per heavy atom. The zero-order valence-corrected chi connectivity index (χ0v) is 15.3. The summed E-state index contributed by atoms with van der Waals surface area (Å²) in [5, 5.41) is 7.04. The first-order valence-corrected chi connectivity index (χ1v) is 8.85. The van der Waals surface area contributed by atoms with Crippen LogP contribution in [0.15, 0.2) is 61.2 Å². The van der Waals surface area contributed by atoms with E-state index in [2.05, 4.69) is 15.4 Å². The van der Waals surface area contributed by atoms with Crippen molar-refractivity contribution in [3.05, 3.63) is 61.2 Å². The van der Waals surface area contributed by atoms with Crippen LogP contribution >= 0.6 is 0 Å². The number of benzene rings is 2. The lowest BCUT2D eigenvalue weighted by atomic mass is 10.1. The molecule has 0 bridgehead atoms. The Kier molecular flexibility index (Phi) is 4.76. The summed E-state index contributed by atoms with van der Waals surface area (Å²) in [5.74, 6) is 0.0135. The number of nitrogens with one attached hydrogen (secondary N) is 1. The highest BCUT2D eigenvalue weighted by Gasteiger charge is 2.35. The van der Waals surface area contributed by atoms with Gasteiger partial charge in [-0.3, -0.25) is 9.59 Å². The maximum absolute atomic E-state index is 12.8. The Balaban J connectivity index is 1.49. The molecule has 1 aliphatic rings. The van der Waals surface area contributed by atoms with Crippen molar-refractivity contribution in [3.63, 3.8) is 0 Å². The smallest absolute Gasteiger partial charge is 0.229 e. The first-order valence-electron chi connectivity index (χ1n) is 8.85. The van der Waals surface area contributed by atoms with E-state index in [1.165, 1.54) is 6.33 Å². The molecule has 1 aliphatic heterocycles. The summed E-state index contributed by atoms with van der Waals surface area (Å²) in [5.41, 5.74) is 2.09. The van der Waals surface area contributed by atoms with E-state index in [0.29, 0.717) is 17.9 Å². The molecular formula is C20H19N5O3. The van der Waals surface area contributed by atoms with Crippen LogP contribution in [0.2, 0.25) is 0 Å². The molecule has 2 aromatic carbocycles. The molecule has 28 heavy (non-hydrogen) atoms. The van der Waals surface area contributed by atoms with Crippen LogP contribution in [0.3, 0.4) is 0 Å². The number of carbonyl (C=O) groups excluding carboxylic acids is 2. The van der Waals surface area contributed by atoms with Gasteiger partial charge in [0.05, 0.1) is 24.4 Å². The minimum Gasteiger partial charge on any atom is -0.497 e. The first-order chi connectivity index (χ1) is 13.7. The number of carbonyl (C=O) groups is 2. The largest absolute Gasteiger partial charge is 0.497 e. The van der Waals surface area contributed by atoms with Gasteiger partial charge in [-0.1, -0.05) is 12.1 Å². The quantitative estimate of drug-likeness (QED) is 0.737. The maximum atomic E-state index is 12.8. The second kappa shape index (κ2) is 7.51. The van der Waals surface area contributed by atoms with Gasteiger partial charge in [0.15, 0.2) is 0 Å². The van der Waals surface area contributed by atoms with Crippen molar-refractivity contribution in [1.29, 1.82) is 0 Å². The third-order valence-electron chi connectivity index (χ3n) is 4.71. The lowest BCUT2D eigenvalue weighted by molar-refractivity contribution is -0.122. The van der Waals surface area contributed by atoms with Crippen LogP contribution in [0.25, 0.3) is 5.69 Å². The van der Waals surface area contributed by atoms with Crippen LogP contribution in [-0.4, -0.2) is 40.2 Å². The number of nitrogens with zero attached hydrogens (tertiary/aromatic N) is 4. The first kappa shape index (κ1) is 17.7. The number of rotatable bonds is 5. The average Bonchev–Trinajstić information content (AvgIpc) is 3.38. The van der Waals surface area contributed by atoms with Gasteiger partial charge in [0.25, 0.3) is 0 Å². The van der Waals surface area contributed by atoms with Crippen LogP contribution in [0.4, 0.5) is 11.4 Å². The summed E-state index contributed by atoms with van der Waals surface area (Å²) in [7, 11) is 1.59. The highest BCUT2D eigenvalue weighted by Crippen LogP contribution is 2.28. The van der Waals surface area contributed by atoms with Crippen LogP contribution in [0, 0.1) is 5.92 Å². The zero-order valence-electron chi connectivity index (χ0n) is 15.3. The van der Waals surface area contributed by atoms with E-state index >= 15 is 0 Å². The number of amides is 2. The van der Waals surface area contributed by atoms with E-state index in [0.717, 1.165) is 11.4 Å². The Hall–Kier alpha value is -3.68. The Morgan fingerprint density at radius 3 is 2.68 bits per heavy atom. The highest BCUT2D eigenvalue weighted by atomic mass is 16.5. The van der Waals surface area contributed by atoms with Crippen molar-refractivity contribution in [3.8, 4) is 11.4 Å². The molecule has 0 spiro atoms. The van der Waals surface area contributed by atoms with E-state index in [4.69, 9.17) is 4.74 Å². The fourth-order valence-corrected chi connectivity index (χ4v) is 3.24. The molecule has 8 heteroatoms. The predicted molar refractivity (Wildman–Crippen MR) is 103 cm³/mol. The predicted octanol–water partition coefficient (Wildman–Crippen LogP) is 2.27. The minimum absolute atomic E-state index is 0.0742. The molecule has 0 aliphatic carbocycles. The molecule has 142 valence electrons. The maximum Gasteiger partial charge on any atom is 0.229 e. The molecule has 1 fully saturated rings. The third-order valence-corrected chi connectivity index (χ3v) is 4.71. The lowest BCUT2D eigenvalue weighted by Crippen LogP contribution is -2.28. The van der Waals surface area contributed by atoms with Crippen LogP contribution < -0.4 is 15.0 Å². The van der Waals surface area contributed by atoms with Gasteiger partial charge in [-0.2, -0.15) is 5.10 Å². The summed E-state index contributed by atoms with van der Waals surface area (Å²) >= 11 is 0. The zero-order chi connectivity index (χ0) is 19.5. The molecule has 2 amide bonds. The number of aromatic nitrogens is 3. The number of hydrogen-bond donors (Lipinski definition) is 1. The Morgan fingerprint density at radius 2 is 1.96 bits per heavy atom. The standard InChI is InChI=1S/C20H19N5O3/c1-28-16-8-6-15(7-9-16)24-11-14(10-19(24)26)20(27)23-17-4-2-3-5-18(17)25-13-21-12-22-25/h2-9,12-14H,10-11H2,1H3,(H,23,27). The highest BCUT2D eigenvalue weighted by molar-refractivity contribution is 6.04. The van der Waals surface area contributed by atoms with E-state index in [1.54, 1.807) is 41.2 Å². The van der Waals surface area contributed by atoms with Crippen molar-refractivity contribution < 1.29 is 14.3 Å². The van der Waals surface area contributed by atoms with Gasteiger partial charge in [0, 0.05) is 18.7 Å². The fourth-order valence-electron chi connectivity index (χ4n) is 3.24. The third kappa shape index (κ3) is 3.44. The number of para-hydroxylation sites is 2. The number of hydrogen-bond acceptors (Lipinski definition) is 5. The molecular weight excluding hydrogens is 358 g/mol. The molecule has 0 radical (unpaired) electrons. The average molecular weight is 377 g/mol. The summed E-state index contributed by atoms with van der Waals surface area (Å²) in [6, 6.07) is 14.6. The normalized spacial score (nSPS) is 16.2. The minimum atomic E-state index is -0.432. The monoisotopic (exact) mass is 377 g/mol. The van der Waals surface area contributed by atoms with E-state index in [-0.39, 0.29) is 18.2 Å². The van der Waals surface area contributed by atoms with Gasteiger partial charge in [0.1, 0.15) is 18.4 Å². The lowest BCUT2D eigenvalue weighted by Gasteiger charge is -2.17. The molecule has 1 atom stereocenters. The number of ether oxygens (including phenoxy) is 1. The molecule has 1 saturated heterocycles. The molecule has 0 saturated carbocycles. The van der Waals surface area contributed by atoms with Gasteiger partial charge in [-0.05, 0) is 36.4 Å². The van der Waals surface area contributed by atoms with E-state index in [9.17, 15) is 9.59 Å². The molecule has 8 nitrogen and oxygen atoms in total. The van der Waals surface area contributed by atoms with Crippen molar-refractivity contribution >= 4 is 23.2 Å². The molecule has 1 unspecified atom stereocenters. The molecule has 1 aromatic heterocycles. The Bertz CT molecular complexity index is 985. The van der Waals surface area contributed by atoms with Gasteiger partial charge < -0.3 is 15.0 Å². The van der Waals surface area contributed by atoms with Crippen LogP contribution in [-0.2, 0) is 9.59 Å². The molecule has 1 N–H and O–H groups in total. The molecule has 4 rings (SSSR count). The SMILES string of the molecule is COc1ccc(N2CC(C(=O)Nc3ccccc3-n3cncn3)CC2=O)cc1. The fraction of sp³-hybridized carbons (Fsp3) is 0.200. The number of methoxy groups -OCH3 is 1. The van der Waals surface area contributed by atoms with Crippen molar-refractivity contribution in [2.24, 2.45) is 5.92 Å². The van der Waals surface area contributed by atoms with Crippen LogP contribution in [0.1, 0.15) is 6.42 Å². The van der Waals surface area contributed by atoms with Crippen molar-refractivity contribution in [2.75, 3.05) is 23.9 Å². The number of anilines is 2. The summed E-state index contributed by atoms with van der Waals surface area (Å²) in [4.78, 5) is 30.8. The van der Waals surface area contributed by atoms with Crippen LogP contribution in [0.5, 0.6) is 5.75 Å².